The SMILES string of the molecule is CCCCCCCCCCCCC(CNC(C)NC(=O)OCCOC(=O)C(C)C)Cc1ccccc1. The molecule has 0 aromatic heterocycles. The smallest absolute Gasteiger partial charge is 0.408 e. The molecule has 6 heteroatoms. The second-order valence-electron chi connectivity index (χ2n) is 10.3. The van der Waals surface area contributed by atoms with Gasteiger partial charge in [0, 0.05) is 6.54 Å². The van der Waals surface area contributed by atoms with Crippen LogP contribution in [0.3, 0.4) is 0 Å². The number of carbonyl (C=O) groups is 2. The molecule has 1 aromatic carbocycles. The molecule has 36 heavy (non-hydrogen) atoms. The maximum Gasteiger partial charge on any atom is 0.408 e. The first kappa shape index (κ1) is 31.9. The predicted molar refractivity (Wildman–Crippen MR) is 148 cm³/mol. The number of nitrogens with one attached hydrogen (secondary N) is 2. The van der Waals surface area contributed by atoms with Gasteiger partial charge in [-0.1, -0.05) is 115 Å². The number of alkyl carbamates (subject to hydrolysis) is 1. The minimum Gasteiger partial charge on any atom is -0.462 e. The van der Waals surface area contributed by atoms with Crippen molar-refractivity contribution in [2.45, 2.75) is 111 Å². The Hall–Kier alpha value is -2.08. The number of benzene rings is 1. The summed E-state index contributed by atoms with van der Waals surface area (Å²) in [6.45, 7) is 8.68. The van der Waals surface area contributed by atoms with Crippen molar-refractivity contribution in [2.75, 3.05) is 19.8 Å². The molecule has 2 unspecified atom stereocenters. The van der Waals surface area contributed by atoms with E-state index < -0.39 is 6.09 Å². The zero-order valence-corrected chi connectivity index (χ0v) is 23.4. The normalized spacial score (nSPS) is 12.8. The summed E-state index contributed by atoms with van der Waals surface area (Å²) in [5, 5.41) is 6.25. The lowest BCUT2D eigenvalue weighted by atomic mass is 9.93. The third-order valence-electron chi connectivity index (χ3n) is 6.41. The van der Waals surface area contributed by atoms with Crippen LogP contribution < -0.4 is 10.6 Å². The molecule has 0 bridgehead atoms. The largest absolute Gasteiger partial charge is 0.462 e. The molecular formula is C30H52N2O4. The molecule has 0 radical (unpaired) electrons. The van der Waals surface area contributed by atoms with Crippen LogP contribution in [0, 0.1) is 11.8 Å². The van der Waals surface area contributed by atoms with Gasteiger partial charge in [0.15, 0.2) is 0 Å². The van der Waals surface area contributed by atoms with Crippen molar-refractivity contribution < 1.29 is 19.1 Å². The molecule has 0 fully saturated rings. The van der Waals surface area contributed by atoms with Crippen LogP contribution in [0.25, 0.3) is 0 Å². The Morgan fingerprint density at radius 3 is 2.00 bits per heavy atom. The summed E-state index contributed by atoms with van der Waals surface area (Å²) in [7, 11) is 0. The van der Waals surface area contributed by atoms with Crippen LogP contribution in [-0.2, 0) is 20.7 Å². The molecule has 1 rings (SSSR count). The van der Waals surface area contributed by atoms with Gasteiger partial charge < -0.3 is 14.8 Å². The highest BCUT2D eigenvalue weighted by atomic mass is 16.6. The van der Waals surface area contributed by atoms with E-state index in [1.165, 1.54) is 76.2 Å². The lowest BCUT2D eigenvalue weighted by molar-refractivity contribution is -0.148. The van der Waals surface area contributed by atoms with Gasteiger partial charge >= 0.3 is 12.1 Å². The van der Waals surface area contributed by atoms with Gasteiger partial charge in [-0.15, -0.1) is 0 Å². The lowest BCUT2D eigenvalue weighted by Crippen LogP contribution is -2.45. The van der Waals surface area contributed by atoms with Crippen molar-refractivity contribution in [2.24, 2.45) is 11.8 Å². The zero-order valence-electron chi connectivity index (χ0n) is 23.4. The van der Waals surface area contributed by atoms with E-state index in [0.29, 0.717) is 5.92 Å². The van der Waals surface area contributed by atoms with E-state index in [-0.39, 0.29) is 31.3 Å². The molecule has 1 amide bonds. The van der Waals surface area contributed by atoms with E-state index in [1.54, 1.807) is 13.8 Å². The van der Waals surface area contributed by atoms with Crippen LogP contribution in [0.2, 0.25) is 0 Å². The average molecular weight is 505 g/mol. The van der Waals surface area contributed by atoms with Gasteiger partial charge in [0.25, 0.3) is 0 Å². The molecule has 0 aliphatic carbocycles. The van der Waals surface area contributed by atoms with Crippen molar-refractivity contribution in [3.63, 3.8) is 0 Å². The van der Waals surface area contributed by atoms with Crippen molar-refractivity contribution in [3.8, 4) is 0 Å². The lowest BCUT2D eigenvalue weighted by Gasteiger charge is -2.22. The van der Waals surface area contributed by atoms with E-state index >= 15 is 0 Å². The van der Waals surface area contributed by atoms with E-state index in [0.717, 1.165) is 13.0 Å². The average Bonchev–Trinajstić information content (AvgIpc) is 2.86. The summed E-state index contributed by atoms with van der Waals surface area (Å²) in [6.07, 6.45) is 14.9. The Morgan fingerprint density at radius 2 is 1.39 bits per heavy atom. The second kappa shape index (κ2) is 21.0. The van der Waals surface area contributed by atoms with Crippen LogP contribution in [0.1, 0.15) is 104 Å². The second-order valence-corrected chi connectivity index (χ2v) is 10.3. The Kier molecular flexibility index (Phi) is 18.7. The number of hydrogen-bond acceptors (Lipinski definition) is 5. The number of carbonyl (C=O) groups excluding carboxylic acids is 2. The van der Waals surface area contributed by atoms with Gasteiger partial charge in [0.2, 0.25) is 0 Å². The van der Waals surface area contributed by atoms with Crippen LogP contribution in [0.15, 0.2) is 30.3 Å². The van der Waals surface area contributed by atoms with Crippen LogP contribution in [0.5, 0.6) is 0 Å². The molecule has 2 atom stereocenters. The minimum absolute atomic E-state index is 0.0480. The summed E-state index contributed by atoms with van der Waals surface area (Å²) in [5.74, 6) is 0.0327. The molecule has 2 N–H and O–H groups in total. The Morgan fingerprint density at radius 1 is 0.806 bits per heavy atom. The maximum atomic E-state index is 12.0. The number of unbranched alkanes of at least 4 members (excludes halogenated alkanes) is 9. The molecule has 0 saturated carbocycles. The molecule has 6 nitrogen and oxygen atoms in total. The standard InChI is InChI=1S/C30H52N2O4/c1-5-6-7-8-9-10-11-12-13-15-20-28(23-27-18-16-14-17-19-27)24-31-26(4)32-30(34)36-22-21-35-29(33)25(2)3/h14,16-19,25-26,28,31H,5-13,15,20-24H2,1-4H3,(H,32,34). The number of hydrogen-bond donors (Lipinski definition) is 2. The fraction of sp³-hybridized carbons (Fsp3) is 0.733. The number of esters is 1. The predicted octanol–water partition coefficient (Wildman–Crippen LogP) is 7.02. The fourth-order valence-electron chi connectivity index (χ4n) is 4.20. The molecule has 206 valence electrons. The van der Waals surface area contributed by atoms with Gasteiger partial charge in [-0.05, 0) is 31.2 Å². The number of amides is 1. The van der Waals surface area contributed by atoms with Crippen molar-refractivity contribution in [1.29, 1.82) is 0 Å². The summed E-state index contributed by atoms with van der Waals surface area (Å²) < 4.78 is 10.1. The molecule has 0 saturated heterocycles. The molecular weight excluding hydrogens is 452 g/mol. The van der Waals surface area contributed by atoms with E-state index in [4.69, 9.17) is 9.47 Å². The highest BCUT2D eigenvalue weighted by Crippen LogP contribution is 2.17. The monoisotopic (exact) mass is 504 g/mol. The molecule has 0 aliphatic heterocycles. The van der Waals surface area contributed by atoms with Gasteiger partial charge in [0.05, 0.1) is 12.1 Å². The summed E-state index contributed by atoms with van der Waals surface area (Å²) in [6, 6.07) is 10.6. The highest BCUT2D eigenvalue weighted by molar-refractivity contribution is 5.71. The van der Waals surface area contributed by atoms with Gasteiger partial charge in [0.1, 0.15) is 13.2 Å². The minimum atomic E-state index is -0.509. The topological polar surface area (TPSA) is 76.7 Å². The maximum absolute atomic E-state index is 12.0. The highest BCUT2D eigenvalue weighted by Gasteiger charge is 2.14. The Balaban J connectivity index is 2.29. The summed E-state index contributed by atoms with van der Waals surface area (Å²) in [5.41, 5.74) is 1.35. The van der Waals surface area contributed by atoms with Crippen molar-refractivity contribution in [1.82, 2.24) is 10.6 Å². The van der Waals surface area contributed by atoms with Gasteiger partial charge in [-0.2, -0.15) is 0 Å². The first-order valence-electron chi connectivity index (χ1n) is 14.3. The number of ether oxygens (including phenoxy) is 2. The van der Waals surface area contributed by atoms with Crippen molar-refractivity contribution >= 4 is 12.1 Å². The molecule has 0 aliphatic rings. The molecule has 1 aromatic rings. The Labute approximate surface area is 220 Å². The van der Waals surface area contributed by atoms with Gasteiger partial charge in [-0.25, -0.2) is 4.79 Å². The third kappa shape index (κ3) is 17.4. The summed E-state index contributed by atoms with van der Waals surface area (Å²) >= 11 is 0. The zero-order chi connectivity index (χ0) is 26.4. The van der Waals surface area contributed by atoms with Crippen molar-refractivity contribution in [3.05, 3.63) is 35.9 Å². The van der Waals surface area contributed by atoms with E-state index in [9.17, 15) is 9.59 Å². The van der Waals surface area contributed by atoms with Gasteiger partial charge in [-0.3, -0.25) is 10.1 Å². The van der Waals surface area contributed by atoms with E-state index in [2.05, 4.69) is 47.9 Å². The first-order chi connectivity index (χ1) is 17.4. The number of rotatable bonds is 21. The summed E-state index contributed by atoms with van der Waals surface area (Å²) in [4.78, 5) is 23.5. The first-order valence-corrected chi connectivity index (χ1v) is 14.3. The van der Waals surface area contributed by atoms with E-state index in [1.807, 2.05) is 6.92 Å². The fourth-order valence-corrected chi connectivity index (χ4v) is 4.20. The van der Waals surface area contributed by atoms with Crippen LogP contribution in [-0.4, -0.2) is 38.0 Å². The van der Waals surface area contributed by atoms with Crippen LogP contribution in [0.4, 0.5) is 4.79 Å². The third-order valence-corrected chi connectivity index (χ3v) is 6.41. The quantitative estimate of drug-likeness (QED) is 0.107. The Bertz CT molecular complexity index is 681. The molecule has 0 spiro atoms. The van der Waals surface area contributed by atoms with Crippen LogP contribution >= 0.6 is 0 Å². The molecule has 0 heterocycles.